The van der Waals surface area contributed by atoms with Crippen LogP contribution >= 0.6 is 0 Å². The molecular formula is C14H15N3O5. The molecule has 0 aliphatic rings. The average molecular weight is 305 g/mol. The molecule has 0 atom stereocenters. The summed E-state index contributed by atoms with van der Waals surface area (Å²) in [4.78, 5) is 26.5. The molecule has 0 aliphatic carbocycles. The fraction of sp³-hybridized carbons (Fsp3) is 0.286. The second kappa shape index (κ2) is 6.81. The van der Waals surface area contributed by atoms with Gasteiger partial charge in [-0.05, 0) is 18.6 Å². The second-order valence-electron chi connectivity index (χ2n) is 4.55. The molecule has 1 aromatic heterocycles. The van der Waals surface area contributed by atoms with Gasteiger partial charge in [0.15, 0.2) is 5.75 Å². The van der Waals surface area contributed by atoms with Gasteiger partial charge in [-0.25, -0.2) is 0 Å². The fourth-order valence-electron chi connectivity index (χ4n) is 2.05. The van der Waals surface area contributed by atoms with E-state index >= 15 is 0 Å². The van der Waals surface area contributed by atoms with Crippen molar-refractivity contribution in [3.05, 3.63) is 40.1 Å². The Bertz CT molecular complexity index is 717. The van der Waals surface area contributed by atoms with Gasteiger partial charge in [0.25, 0.3) is 11.6 Å². The number of carbonyl (C=O) groups is 1. The van der Waals surface area contributed by atoms with Gasteiger partial charge in [-0.3, -0.25) is 19.9 Å². The van der Waals surface area contributed by atoms with E-state index in [1.807, 2.05) is 0 Å². The number of benzene rings is 1. The molecule has 0 bridgehead atoms. The highest BCUT2D eigenvalue weighted by atomic mass is 16.6. The fourth-order valence-corrected chi connectivity index (χ4v) is 2.05. The van der Waals surface area contributed by atoms with Gasteiger partial charge < -0.3 is 15.2 Å². The predicted molar refractivity (Wildman–Crippen MR) is 78.9 cm³/mol. The number of nitrogens with zero attached hydrogens (tertiary/aromatic N) is 2. The van der Waals surface area contributed by atoms with Crippen molar-refractivity contribution in [1.82, 2.24) is 10.3 Å². The van der Waals surface area contributed by atoms with Gasteiger partial charge in [-0.1, -0.05) is 0 Å². The Labute approximate surface area is 125 Å². The Morgan fingerprint density at radius 3 is 3.00 bits per heavy atom. The monoisotopic (exact) mass is 305 g/mol. The van der Waals surface area contributed by atoms with E-state index in [1.54, 1.807) is 7.11 Å². The summed E-state index contributed by atoms with van der Waals surface area (Å²) < 4.78 is 4.86. The van der Waals surface area contributed by atoms with Crippen LogP contribution in [0, 0.1) is 10.1 Å². The van der Waals surface area contributed by atoms with Crippen molar-refractivity contribution in [2.75, 3.05) is 20.3 Å². The first-order chi connectivity index (χ1) is 10.6. The highest BCUT2D eigenvalue weighted by Crippen LogP contribution is 2.34. The van der Waals surface area contributed by atoms with Crippen molar-refractivity contribution in [3.8, 4) is 5.75 Å². The number of phenols is 1. The van der Waals surface area contributed by atoms with Gasteiger partial charge in [-0.15, -0.1) is 0 Å². The van der Waals surface area contributed by atoms with Crippen molar-refractivity contribution in [2.45, 2.75) is 6.42 Å². The minimum atomic E-state index is -0.606. The molecule has 1 heterocycles. The van der Waals surface area contributed by atoms with Crippen LogP contribution in [0.15, 0.2) is 24.4 Å². The Morgan fingerprint density at radius 1 is 1.55 bits per heavy atom. The summed E-state index contributed by atoms with van der Waals surface area (Å²) >= 11 is 0. The number of amides is 1. The molecule has 0 saturated heterocycles. The molecule has 1 aromatic carbocycles. The smallest absolute Gasteiger partial charge is 0.279 e. The maximum Gasteiger partial charge on any atom is 0.279 e. The van der Waals surface area contributed by atoms with Gasteiger partial charge in [-0.2, -0.15) is 0 Å². The average Bonchev–Trinajstić information content (AvgIpc) is 2.51. The number of nitro groups is 1. The summed E-state index contributed by atoms with van der Waals surface area (Å²) in [6, 6.07) is 4.06. The number of aromatic hydroxyl groups is 1. The minimum Gasteiger partial charge on any atom is -0.505 e. The third-order valence-electron chi connectivity index (χ3n) is 3.10. The molecule has 116 valence electrons. The molecule has 0 radical (unpaired) electrons. The number of carbonyl (C=O) groups excluding carboxylic acids is 1. The molecule has 0 unspecified atom stereocenters. The molecule has 8 heteroatoms. The first-order valence-electron chi connectivity index (χ1n) is 6.58. The quantitative estimate of drug-likeness (QED) is 0.476. The first-order valence-corrected chi connectivity index (χ1v) is 6.58. The van der Waals surface area contributed by atoms with Gasteiger partial charge >= 0.3 is 0 Å². The van der Waals surface area contributed by atoms with Crippen LogP contribution in [0.2, 0.25) is 0 Å². The summed E-state index contributed by atoms with van der Waals surface area (Å²) in [5, 5.41) is 24.1. The van der Waals surface area contributed by atoms with Gasteiger partial charge in [0.2, 0.25) is 0 Å². The van der Waals surface area contributed by atoms with E-state index in [1.165, 1.54) is 18.3 Å². The summed E-state index contributed by atoms with van der Waals surface area (Å²) in [6.45, 7) is 0.811. The topological polar surface area (TPSA) is 115 Å². The van der Waals surface area contributed by atoms with E-state index in [0.717, 1.165) is 6.07 Å². The zero-order valence-electron chi connectivity index (χ0n) is 11.9. The second-order valence-corrected chi connectivity index (χ2v) is 4.55. The predicted octanol–water partition coefficient (Wildman–Crippen LogP) is 1.61. The maximum absolute atomic E-state index is 12.1. The molecule has 1 amide bonds. The van der Waals surface area contributed by atoms with Crippen LogP contribution in [0.3, 0.4) is 0 Å². The number of aromatic nitrogens is 1. The number of pyridine rings is 1. The molecule has 2 N–H and O–H groups in total. The lowest BCUT2D eigenvalue weighted by molar-refractivity contribution is -0.383. The summed E-state index contributed by atoms with van der Waals surface area (Å²) in [7, 11) is 1.55. The zero-order valence-corrected chi connectivity index (χ0v) is 11.9. The number of fused-ring (bicyclic) bond motifs is 1. The molecule has 0 spiro atoms. The van der Waals surface area contributed by atoms with Crippen LogP contribution < -0.4 is 5.32 Å². The number of nitrogens with one attached hydrogen (secondary N) is 1. The SMILES string of the molecule is COCCCNC(=O)c1cc([N+](=O)[O-])c2cccnc2c1O. The number of hydrogen-bond acceptors (Lipinski definition) is 6. The highest BCUT2D eigenvalue weighted by molar-refractivity contribution is 6.05. The Balaban J connectivity index is 2.39. The van der Waals surface area contributed by atoms with Crippen molar-refractivity contribution in [3.63, 3.8) is 0 Å². The molecule has 0 aliphatic heterocycles. The standard InChI is InChI=1S/C14H15N3O5/c1-22-7-3-6-16-14(19)10-8-11(17(20)21)9-4-2-5-15-12(9)13(10)18/h2,4-5,8,18H,3,6-7H2,1H3,(H,16,19). The van der Waals surface area contributed by atoms with Crippen LogP contribution in [0.1, 0.15) is 16.8 Å². The minimum absolute atomic E-state index is 0.0266. The number of ether oxygens (including phenoxy) is 1. The van der Waals surface area contributed by atoms with Gasteiger partial charge in [0.05, 0.1) is 15.9 Å². The largest absolute Gasteiger partial charge is 0.505 e. The molecular weight excluding hydrogens is 290 g/mol. The van der Waals surface area contributed by atoms with Crippen LogP contribution in [-0.2, 0) is 4.74 Å². The third kappa shape index (κ3) is 3.12. The zero-order chi connectivity index (χ0) is 16.1. The number of non-ortho nitro benzene ring substituents is 1. The number of hydrogen-bond donors (Lipinski definition) is 2. The molecule has 0 fully saturated rings. The molecule has 2 rings (SSSR count). The molecule has 22 heavy (non-hydrogen) atoms. The first kappa shape index (κ1) is 15.6. The highest BCUT2D eigenvalue weighted by Gasteiger charge is 2.22. The Kier molecular flexibility index (Phi) is 4.84. The number of phenolic OH excluding ortho intramolecular Hbond substituents is 1. The Morgan fingerprint density at radius 2 is 2.32 bits per heavy atom. The van der Waals surface area contributed by atoms with Crippen molar-refractivity contribution in [1.29, 1.82) is 0 Å². The Hall–Kier alpha value is -2.74. The molecule has 0 saturated carbocycles. The van der Waals surface area contributed by atoms with E-state index in [-0.39, 0.29) is 27.9 Å². The van der Waals surface area contributed by atoms with Crippen molar-refractivity contribution < 1.29 is 19.6 Å². The van der Waals surface area contributed by atoms with Crippen LogP contribution in [0.5, 0.6) is 5.75 Å². The summed E-state index contributed by atoms with van der Waals surface area (Å²) in [5.74, 6) is -0.963. The lowest BCUT2D eigenvalue weighted by atomic mass is 10.1. The molecule has 8 nitrogen and oxygen atoms in total. The third-order valence-corrected chi connectivity index (χ3v) is 3.10. The summed E-state index contributed by atoms with van der Waals surface area (Å²) in [5.41, 5.74) is -0.419. The van der Waals surface area contributed by atoms with E-state index < -0.39 is 10.8 Å². The van der Waals surface area contributed by atoms with E-state index in [2.05, 4.69) is 10.3 Å². The van der Waals surface area contributed by atoms with E-state index in [0.29, 0.717) is 19.6 Å². The van der Waals surface area contributed by atoms with Crippen molar-refractivity contribution in [2.24, 2.45) is 0 Å². The van der Waals surface area contributed by atoms with E-state index in [9.17, 15) is 20.0 Å². The molecule has 2 aromatic rings. The van der Waals surface area contributed by atoms with Gasteiger partial charge in [0, 0.05) is 32.5 Å². The number of rotatable bonds is 6. The van der Waals surface area contributed by atoms with Crippen LogP contribution in [0.4, 0.5) is 5.69 Å². The lowest BCUT2D eigenvalue weighted by Gasteiger charge is -2.09. The van der Waals surface area contributed by atoms with Crippen LogP contribution in [0.25, 0.3) is 10.9 Å². The van der Waals surface area contributed by atoms with E-state index in [4.69, 9.17) is 4.74 Å². The number of nitro benzene ring substituents is 1. The normalized spacial score (nSPS) is 10.6. The van der Waals surface area contributed by atoms with Gasteiger partial charge in [0.1, 0.15) is 5.52 Å². The van der Waals surface area contributed by atoms with Crippen molar-refractivity contribution >= 4 is 22.5 Å². The van der Waals surface area contributed by atoms with Crippen LogP contribution in [-0.4, -0.2) is 41.2 Å². The lowest BCUT2D eigenvalue weighted by Crippen LogP contribution is -2.25. The number of methoxy groups -OCH3 is 1. The maximum atomic E-state index is 12.1. The summed E-state index contributed by atoms with van der Waals surface area (Å²) in [6.07, 6.45) is 1.99.